The zero-order chi connectivity index (χ0) is 26.4. The minimum Gasteiger partial charge on any atom is -0.492 e. The molecular formula is C28H32ClN5O2S. The summed E-state index contributed by atoms with van der Waals surface area (Å²) in [6.45, 7) is 6.92. The molecule has 0 N–H and O–H groups in total. The van der Waals surface area contributed by atoms with Gasteiger partial charge in [0.25, 0.3) is 0 Å². The second-order valence-electron chi connectivity index (χ2n) is 9.02. The summed E-state index contributed by atoms with van der Waals surface area (Å²) >= 11 is 8.17. The highest BCUT2D eigenvalue weighted by atomic mass is 35.5. The molecule has 0 bridgehead atoms. The molecule has 7 nitrogen and oxygen atoms in total. The van der Waals surface area contributed by atoms with Gasteiger partial charge in [-0.3, -0.25) is 4.90 Å². The number of allylic oxidation sites excluding steroid dienone is 1. The zero-order valence-corrected chi connectivity index (χ0v) is 23.3. The van der Waals surface area contributed by atoms with Crippen molar-refractivity contribution in [2.45, 2.75) is 13.3 Å². The van der Waals surface area contributed by atoms with E-state index in [1.54, 1.807) is 0 Å². The molecule has 2 aromatic rings. The molecule has 0 unspecified atom stereocenters. The molecule has 0 atom stereocenters. The van der Waals surface area contributed by atoms with Crippen LogP contribution < -0.4 is 4.74 Å². The van der Waals surface area contributed by atoms with Crippen molar-refractivity contribution in [3.63, 3.8) is 0 Å². The molecule has 2 heterocycles. The van der Waals surface area contributed by atoms with Crippen LogP contribution in [0.25, 0.3) is 0 Å². The topological polar surface area (TPSA) is 73.5 Å². The van der Waals surface area contributed by atoms with Gasteiger partial charge in [-0.05, 0) is 31.7 Å². The van der Waals surface area contributed by atoms with Crippen LogP contribution in [0.4, 0.5) is 5.69 Å². The summed E-state index contributed by atoms with van der Waals surface area (Å²) in [5.41, 5.74) is 5.11. The van der Waals surface area contributed by atoms with Crippen molar-refractivity contribution in [2.24, 2.45) is 9.98 Å². The van der Waals surface area contributed by atoms with Crippen molar-refractivity contribution in [3.8, 4) is 11.8 Å². The highest BCUT2D eigenvalue weighted by Gasteiger charge is 2.24. The van der Waals surface area contributed by atoms with Gasteiger partial charge in [0.2, 0.25) is 0 Å². The summed E-state index contributed by atoms with van der Waals surface area (Å²) in [6, 6.07) is 13.6. The molecule has 0 radical (unpaired) electrons. The summed E-state index contributed by atoms with van der Waals surface area (Å²) in [5, 5.41) is 11.4. The third-order valence-electron chi connectivity index (χ3n) is 6.44. The summed E-state index contributed by atoms with van der Waals surface area (Å²) < 4.78 is 11.6. The highest BCUT2D eigenvalue weighted by molar-refractivity contribution is 8.13. The van der Waals surface area contributed by atoms with Gasteiger partial charge in [0.05, 0.1) is 36.8 Å². The third-order valence-corrected chi connectivity index (χ3v) is 7.44. The Morgan fingerprint density at radius 2 is 1.95 bits per heavy atom. The van der Waals surface area contributed by atoms with Crippen LogP contribution in [-0.2, 0) is 4.74 Å². The lowest BCUT2D eigenvalue weighted by Gasteiger charge is -2.26. The first-order valence-electron chi connectivity index (χ1n) is 12.3. The average molecular weight is 538 g/mol. The predicted molar refractivity (Wildman–Crippen MR) is 153 cm³/mol. The Kier molecular flexibility index (Phi) is 9.28. The lowest BCUT2D eigenvalue weighted by atomic mass is 9.98. The molecule has 0 amide bonds. The SMILES string of the molecule is CSC1=Nc2cc(OCCCN3CCOCC3)c(C#N)cc2C(c2ccccc2Cl)=N/C1=C(/C)N(C)C. The van der Waals surface area contributed by atoms with Gasteiger partial charge in [-0.25, -0.2) is 9.98 Å². The van der Waals surface area contributed by atoms with Crippen molar-refractivity contribution in [3.05, 3.63) is 69.5 Å². The molecule has 0 saturated carbocycles. The number of benzene rings is 2. The van der Waals surface area contributed by atoms with E-state index in [4.69, 9.17) is 31.1 Å². The van der Waals surface area contributed by atoms with Gasteiger partial charge in [-0.2, -0.15) is 5.26 Å². The number of hydrogen-bond donors (Lipinski definition) is 0. The summed E-state index contributed by atoms with van der Waals surface area (Å²) in [7, 11) is 3.97. The molecule has 2 aromatic carbocycles. The summed E-state index contributed by atoms with van der Waals surface area (Å²) in [5.74, 6) is 0.530. The smallest absolute Gasteiger partial charge is 0.139 e. The molecular weight excluding hydrogens is 506 g/mol. The second-order valence-corrected chi connectivity index (χ2v) is 10.2. The van der Waals surface area contributed by atoms with Crippen LogP contribution in [0.3, 0.4) is 0 Å². The van der Waals surface area contributed by atoms with Crippen LogP contribution >= 0.6 is 23.4 Å². The van der Waals surface area contributed by atoms with Crippen molar-refractivity contribution in [2.75, 3.05) is 59.8 Å². The Balaban J connectivity index is 1.75. The van der Waals surface area contributed by atoms with Crippen molar-refractivity contribution in [1.82, 2.24) is 9.80 Å². The van der Waals surface area contributed by atoms with E-state index in [0.717, 1.165) is 66.8 Å². The largest absolute Gasteiger partial charge is 0.492 e. The zero-order valence-electron chi connectivity index (χ0n) is 21.8. The fourth-order valence-corrected chi connectivity index (χ4v) is 4.99. The van der Waals surface area contributed by atoms with Gasteiger partial charge in [0.1, 0.15) is 22.6 Å². The van der Waals surface area contributed by atoms with Gasteiger partial charge in [-0.1, -0.05) is 29.8 Å². The first kappa shape index (κ1) is 27.2. The number of nitrogens with zero attached hydrogens (tertiary/aromatic N) is 5. The molecule has 37 heavy (non-hydrogen) atoms. The number of halogens is 1. The second kappa shape index (κ2) is 12.6. The van der Waals surface area contributed by atoms with Gasteiger partial charge < -0.3 is 14.4 Å². The first-order chi connectivity index (χ1) is 17.9. The van der Waals surface area contributed by atoms with Crippen molar-refractivity contribution < 1.29 is 9.47 Å². The van der Waals surface area contributed by atoms with E-state index in [2.05, 4.69) is 11.0 Å². The molecule has 9 heteroatoms. The van der Waals surface area contributed by atoms with Crippen molar-refractivity contribution >= 4 is 39.8 Å². The molecule has 1 fully saturated rings. The quantitative estimate of drug-likeness (QED) is 0.443. The maximum atomic E-state index is 10.00. The van der Waals surface area contributed by atoms with Crippen LogP contribution in [0.5, 0.6) is 5.75 Å². The Morgan fingerprint density at radius 1 is 1.19 bits per heavy atom. The Bertz CT molecular complexity index is 1280. The lowest BCUT2D eigenvalue weighted by Crippen LogP contribution is -2.37. The van der Waals surface area contributed by atoms with E-state index >= 15 is 0 Å². The fraction of sp³-hybridized carbons (Fsp3) is 0.393. The molecule has 0 aromatic heterocycles. The van der Waals surface area contributed by atoms with Crippen LogP contribution in [0.1, 0.15) is 30.0 Å². The fourth-order valence-electron chi connectivity index (χ4n) is 4.18. The average Bonchev–Trinajstić information content (AvgIpc) is 3.07. The van der Waals surface area contributed by atoms with E-state index in [1.807, 2.05) is 68.6 Å². The summed E-state index contributed by atoms with van der Waals surface area (Å²) in [4.78, 5) is 14.5. The van der Waals surface area contributed by atoms with Crippen LogP contribution in [0.2, 0.25) is 5.02 Å². The first-order valence-corrected chi connectivity index (χ1v) is 13.9. The molecule has 2 aliphatic rings. The number of thioether (sulfide) groups is 1. The van der Waals surface area contributed by atoms with Gasteiger partial charge in [-0.15, -0.1) is 11.8 Å². The van der Waals surface area contributed by atoms with E-state index < -0.39 is 0 Å². The number of morpholine rings is 1. The van der Waals surface area contributed by atoms with Gasteiger partial charge >= 0.3 is 0 Å². The predicted octanol–water partition coefficient (Wildman–Crippen LogP) is 5.35. The van der Waals surface area contributed by atoms with E-state index in [0.29, 0.717) is 34.3 Å². The van der Waals surface area contributed by atoms with E-state index in [9.17, 15) is 5.26 Å². The maximum Gasteiger partial charge on any atom is 0.139 e. The van der Waals surface area contributed by atoms with Crippen LogP contribution in [-0.4, -0.2) is 80.4 Å². The number of nitriles is 1. The van der Waals surface area contributed by atoms with Gasteiger partial charge in [0, 0.05) is 61.6 Å². The maximum absolute atomic E-state index is 10.00. The number of ether oxygens (including phenoxy) is 2. The highest BCUT2D eigenvalue weighted by Crippen LogP contribution is 2.37. The Hall–Kier alpha value is -2.83. The molecule has 1 saturated heterocycles. The Labute approximate surface area is 228 Å². The van der Waals surface area contributed by atoms with Crippen molar-refractivity contribution in [1.29, 1.82) is 5.26 Å². The van der Waals surface area contributed by atoms with Crippen LogP contribution in [0.15, 0.2) is 57.8 Å². The van der Waals surface area contributed by atoms with Gasteiger partial charge in [0.15, 0.2) is 0 Å². The lowest BCUT2D eigenvalue weighted by molar-refractivity contribution is 0.0358. The van der Waals surface area contributed by atoms with Crippen LogP contribution in [0, 0.1) is 11.3 Å². The van der Waals surface area contributed by atoms with E-state index in [1.165, 1.54) is 11.8 Å². The number of aliphatic imine (C=N–C) groups is 2. The number of rotatable bonds is 7. The standard InChI is InChI=1S/C28H32ClN5O2S/c1-19(33(2)3)26-28(37-4)31-24-17-25(36-13-7-10-34-11-14-35-15-12-34)20(18-30)16-22(24)27(32-26)21-8-5-6-9-23(21)29/h5-6,8-9,16-17H,7,10-15H2,1-4H3/b26-19-. The minimum absolute atomic E-state index is 0.447. The monoisotopic (exact) mass is 537 g/mol. The minimum atomic E-state index is 0.447. The normalized spacial score (nSPS) is 17.2. The molecule has 4 rings (SSSR count). The molecule has 194 valence electrons. The summed E-state index contributed by atoms with van der Waals surface area (Å²) in [6.07, 6.45) is 2.85. The molecule has 0 spiro atoms. The number of hydrogen-bond acceptors (Lipinski definition) is 8. The van der Waals surface area contributed by atoms with E-state index in [-0.39, 0.29) is 0 Å². The Morgan fingerprint density at radius 3 is 2.62 bits per heavy atom. The number of fused-ring (bicyclic) bond motifs is 1. The molecule has 0 aliphatic carbocycles. The molecule has 2 aliphatic heterocycles. The third kappa shape index (κ3) is 6.36.